The number of phenols is 1. The molecule has 6 aromatic carbocycles. The molecule has 4 nitrogen and oxygen atoms in total. The van der Waals surface area contributed by atoms with Gasteiger partial charge in [-0.25, -0.2) is 4.98 Å². The molecule has 0 fully saturated rings. The fraction of sp³-hybridized carbons (Fsp3) is 0.288. The van der Waals surface area contributed by atoms with Crippen LogP contribution in [-0.4, -0.2) is 19.6 Å². The van der Waals surface area contributed by atoms with Crippen LogP contribution in [0, 0.1) is 12.9 Å². The standard InChI is InChI=1S/C59H62N3O.Pt/c1-37-30-46(26-27-47(37)39-18-15-14-16-19-39)62-52-21-17-20-48(53(52)61-55(62)49-35-45(58(8,9)10)36-50(54(49)63)59(11,12)13)41-31-42(33-44(32-41)57(5,6)7)51-34-40(28-29-60-51)38-22-24-43(25-23-38)56(2,3)4;/h14-30,32-36,63H,1-13H3;/q-1;/i1D3,2D3,3D3,4D3;. The topological polar surface area (TPSA) is 50.9 Å². The van der Waals surface area contributed by atoms with Gasteiger partial charge in [0.15, 0.2) is 0 Å². The van der Waals surface area contributed by atoms with Crippen molar-refractivity contribution >= 4 is 11.0 Å². The van der Waals surface area contributed by atoms with Gasteiger partial charge in [-0.15, -0.1) is 29.3 Å². The monoisotopic (exact) mass is 1040 g/mol. The van der Waals surface area contributed by atoms with Gasteiger partial charge in [-0.05, 0) is 97.8 Å². The van der Waals surface area contributed by atoms with Gasteiger partial charge < -0.3 is 5.11 Å². The first-order valence-electron chi connectivity index (χ1n) is 27.3. The molecule has 2 heterocycles. The molecule has 0 aliphatic carbocycles. The van der Waals surface area contributed by atoms with E-state index in [4.69, 9.17) is 26.4 Å². The normalized spacial score (nSPS) is 16.0. The Hall–Kier alpha value is -5.57. The summed E-state index contributed by atoms with van der Waals surface area (Å²) in [6.07, 6.45) is 1.63. The fourth-order valence-electron chi connectivity index (χ4n) is 8.07. The van der Waals surface area contributed by atoms with Gasteiger partial charge >= 0.3 is 0 Å². The Morgan fingerprint density at radius 2 is 1.25 bits per heavy atom. The maximum Gasteiger partial charge on any atom is 0.148 e. The van der Waals surface area contributed by atoms with E-state index in [0.29, 0.717) is 67.2 Å². The third kappa shape index (κ3) is 9.18. The van der Waals surface area contributed by atoms with Crippen LogP contribution in [0.1, 0.15) is 127 Å². The minimum absolute atomic E-state index is 0. The number of hydrogen-bond acceptors (Lipinski definition) is 3. The number of hydrogen-bond donors (Lipinski definition) is 1. The summed E-state index contributed by atoms with van der Waals surface area (Å²) in [5.41, 5.74) is 5.60. The number of nitrogens with zero attached hydrogens (tertiary/aromatic N) is 3. The van der Waals surface area contributed by atoms with Crippen LogP contribution in [-0.2, 0) is 42.7 Å². The number of aromatic nitrogens is 3. The second-order valence-corrected chi connectivity index (χ2v) is 19.7. The van der Waals surface area contributed by atoms with Crippen molar-refractivity contribution in [3.8, 4) is 67.5 Å². The summed E-state index contributed by atoms with van der Waals surface area (Å²) in [5, 5.41) is 12.4. The smallest absolute Gasteiger partial charge is 0.148 e. The van der Waals surface area contributed by atoms with Gasteiger partial charge in [0.25, 0.3) is 0 Å². The second kappa shape index (κ2) is 17.1. The maximum atomic E-state index is 12.4. The Bertz CT molecular complexity index is 3410. The summed E-state index contributed by atoms with van der Waals surface area (Å²) in [7, 11) is 0. The van der Waals surface area contributed by atoms with Gasteiger partial charge in [0.2, 0.25) is 0 Å². The number of aryl methyl sites for hydroxylation is 1. The maximum absolute atomic E-state index is 12.4. The zero-order chi connectivity index (χ0) is 55.2. The molecule has 0 bridgehead atoms. The zero-order valence-corrected chi connectivity index (χ0v) is 40.1. The zero-order valence-electron chi connectivity index (χ0n) is 49.8. The Balaban J connectivity index is 0.00000840. The molecule has 330 valence electrons. The minimum Gasteiger partial charge on any atom is -0.507 e. The van der Waals surface area contributed by atoms with Crippen molar-refractivity contribution in [2.24, 2.45) is 0 Å². The second-order valence-electron chi connectivity index (χ2n) is 19.7. The predicted octanol–water partition coefficient (Wildman–Crippen LogP) is 15.8. The molecule has 0 atom stereocenters. The van der Waals surface area contributed by atoms with Gasteiger partial charge in [-0.2, -0.15) is 0 Å². The summed E-state index contributed by atoms with van der Waals surface area (Å²) in [6, 6.07) is 41.6. The number of pyridine rings is 1. The van der Waals surface area contributed by atoms with Crippen molar-refractivity contribution in [2.45, 2.75) is 111 Å². The Labute approximate surface area is 413 Å². The number of phenolic OH excluding ortho intramolecular Hbond substituents is 1. The quantitative estimate of drug-likeness (QED) is 0.169. The number of fused-ring (bicyclic) bond motifs is 1. The van der Waals surface area contributed by atoms with Crippen LogP contribution in [0.3, 0.4) is 0 Å². The van der Waals surface area contributed by atoms with Gasteiger partial charge in [0.1, 0.15) is 11.6 Å². The Morgan fingerprint density at radius 1 is 0.562 bits per heavy atom. The molecule has 0 spiro atoms. The van der Waals surface area contributed by atoms with Crippen molar-refractivity contribution in [3.05, 3.63) is 167 Å². The van der Waals surface area contributed by atoms with E-state index in [1.54, 1.807) is 18.3 Å². The number of aromatic hydroxyl groups is 1. The largest absolute Gasteiger partial charge is 0.507 e. The molecule has 0 saturated carbocycles. The van der Waals surface area contributed by atoms with Gasteiger partial charge in [0.05, 0.1) is 16.6 Å². The van der Waals surface area contributed by atoms with Crippen LogP contribution in [0.5, 0.6) is 5.75 Å². The molecule has 5 heteroatoms. The van der Waals surface area contributed by atoms with E-state index in [-0.39, 0.29) is 48.8 Å². The van der Waals surface area contributed by atoms with Crippen LogP contribution >= 0.6 is 0 Å². The van der Waals surface area contributed by atoms with Crippen LogP contribution in [0.15, 0.2) is 134 Å². The van der Waals surface area contributed by atoms with E-state index in [2.05, 4.69) is 80.5 Å². The fourth-order valence-corrected chi connectivity index (χ4v) is 8.07. The predicted molar refractivity (Wildman–Crippen MR) is 266 cm³/mol. The summed E-state index contributed by atoms with van der Waals surface area (Å²) < 4.78 is 102. The van der Waals surface area contributed by atoms with E-state index >= 15 is 0 Å². The Kier molecular flexibility index (Phi) is 8.81. The molecule has 0 amide bonds. The van der Waals surface area contributed by atoms with E-state index < -0.39 is 38.2 Å². The summed E-state index contributed by atoms with van der Waals surface area (Å²) in [4.78, 5) is 10.2. The molecular weight excluding hydrogens is 962 g/mol. The van der Waals surface area contributed by atoms with E-state index in [1.165, 1.54) is 24.3 Å². The first kappa shape index (κ1) is 33.0. The SMILES string of the molecule is [2H]C([2H])([2H])c1cc(-n2c(-c3cc(C(C)(C)C)cc(C(C)(C)C)c3O)nc3c(-c4[c-]c(-c5cc(-c6ccc(C(C([2H])([2H])[2H])(C([2H])([2H])[2H])C([2H])([2H])[2H])cc6)ccn5)cc(C(C)(C)C)c4)cccc32)ccc1-c1ccccc1.[Pt]. The van der Waals surface area contributed by atoms with Crippen LogP contribution in [0.25, 0.3) is 72.7 Å². The average molecular weight is 1040 g/mol. The van der Waals surface area contributed by atoms with E-state index in [9.17, 15) is 5.11 Å². The minimum atomic E-state index is -3.39. The van der Waals surface area contributed by atoms with Crippen LogP contribution < -0.4 is 0 Å². The summed E-state index contributed by atoms with van der Waals surface area (Å²) in [5.74, 6) is 0.484. The van der Waals surface area contributed by atoms with E-state index in [1.807, 2.05) is 83.4 Å². The molecule has 8 rings (SSSR count). The molecule has 64 heavy (non-hydrogen) atoms. The summed E-state index contributed by atoms with van der Waals surface area (Å²) in [6.45, 7) is 6.16. The molecule has 0 radical (unpaired) electrons. The molecule has 8 aromatic rings. The molecule has 0 aliphatic heterocycles. The van der Waals surface area contributed by atoms with Gasteiger partial charge in [-0.3, -0.25) is 9.55 Å². The van der Waals surface area contributed by atoms with Crippen molar-refractivity contribution < 1.29 is 42.6 Å². The first-order chi connectivity index (χ1) is 34.5. The van der Waals surface area contributed by atoms with Crippen molar-refractivity contribution in [1.82, 2.24) is 14.5 Å². The van der Waals surface area contributed by atoms with Crippen molar-refractivity contribution in [3.63, 3.8) is 0 Å². The van der Waals surface area contributed by atoms with Crippen molar-refractivity contribution in [2.75, 3.05) is 0 Å². The van der Waals surface area contributed by atoms with Gasteiger partial charge in [-0.1, -0.05) is 179 Å². The third-order valence-electron chi connectivity index (χ3n) is 11.8. The number of imidazole rings is 1. The third-order valence-corrected chi connectivity index (χ3v) is 11.8. The molecule has 0 aliphatic rings. The van der Waals surface area contributed by atoms with Gasteiger partial charge in [0, 0.05) is 60.7 Å². The van der Waals surface area contributed by atoms with Crippen LogP contribution in [0.4, 0.5) is 0 Å². The molecular formula is C59H62N3OPt-. The first-order valence-corrected chi connectivity index (χ1v) is 21.3. The number of benzene rings is 6. The van der Waals surface area contributed by atoms with Crippen molar-refractivity contribution in [1.29, 1.82) is 0 Å². The van der Waals surface area contributed by atoms with E-state index in [0.717, 1.165) is 22.3 Å². The molecule has 0 unspecified atom stereocenters. The number of rotatable bonds is 6. The average Bonchev–Trinajstić information content (AvgIpc) is 3.69. The summed E-state index contributed by atoms with van der Waals surface area (Å²) >= 11 is 0. The number of para-hydroxylation sites is 1. The Morgan fingerprint density at radius 3 is 1.91 bits per heavy atom. The molecule has 1 N–H and O–H groups in total. The molecule has 0 saturated heterocycles. The molecule has 2 aromatic heterocycles. The van der Waals surface area contributed by atoms with Crippen LogP contribution in [0.2, 0.25) is 0 Å².